The third-order valence-corrected chi connectivity index (χ3v) is 7.76. The van der Waals surface area contributed by atoms with Crippen LogP contribution in [-0.2, 0) is 9.84 Å². The Morgan fingerprint density at radius 2 is 1.49 bits per heavy atom. The van der Waals surface area contributed by atoms with Crippen molar-refractivity contribution in [3.05, 3.63) is 83.4 Å². The molecule has 4 rings (SSSR count). The van der Waals surface area contributed by atoms with Gasteiger partial charge < -0.3 is 20.6 Å². The smallest absolute Gasteiger partial charge is 0.323 e. The summed E-state index contributed by atoms with van der Waals surface area (Å²) < 4.78 is 25.5. The average Bonchev–Trinajstić information content (AvgIpc) is 2.85. The fourth-order valence-electron chi connectivity index (χ4n) is 3.78. The first kappa shape index (κ1) is 24.7. The van der Waals surface area contributed by atoms with E-state index in [2.05, 4.69) is 10.6 Å². The highest BCUT2D eigenvalue weighted by Gasteiger charge is 2.20. The first-order valence-corrected chi connectivity index (χ1v) is 12.9. The molecular formula is C25H25ClN4O4S. The zero-order valence-electron chi connectivity index (χ0n) is 18.7. The molecule has 4 N–H and O–H groups in total. The number of piperidine rings is 1. The number of amidine groups is 1. The maximum absolute atomic E-state index is 12.8. The summed E-state index contributed by atoms with van der Waals surface area (Å²) in [5, 5.41) is 24.0. The van der Waals surface area contributed by atoms with Crippen LogP contribution in [0.3, 0.4) is 0 Å². The molecule has 1 aliphatic heterocycles. The van der Waals surface area contributed by atoms with Gasteiger partial charge in [-0.3, -0.25) is 5.41 Å². The summed E-state index contributed by atoms with van der Waals surface area (Å²) in [5.74, 6) is 0.346. The van der Waals surface area contributed by atoms with E-state index in [4.69, 9.17) is 17.0 Å². The van der Waals surface area contributed by atoms with Gasteiger partial charge in [0, 0.05) is 35.1 Å². The highest BCUT2D eigenvalue weighted by atomic mass is 35.5. The Balaban J connectivity index is 1.39. The molecule has 0 radical (unpaired) electrons. The van der Waals surface area contributed by atoms with Crippen molar-refractivity contribution in [2.24, 2.45) is 0 Å². The minimum atomic E-state index is -3.70. The molecule has 1 aliphatic rings. The maximum Gasteiger partial charge on any atom is 0.323 e. The Morgan fingerprint density at radius 1 is 0.914 bits per heavy atom. The lowest BCUT2D eigenvalue weighted by Crippen LogP contribution is -2.40. The van der Waals surface area contributed by atoms with Gasteiger partial charge in [-0.2, -0.15) is 0 Å². The second kappa shape index (κ2) is 10.5. The summed E-state index contributed by atoms with van der Waals surface area (Å²) >= 11 is 5.84. The molecule has 3 aromatic rings. The van der Waals surface area contributed by atoms with Gasteiger partial charge in [-0.25, -0.2) is 13.2 Å². The molecule has 1 heterocycles. The molecule has 0 aliphatic carbocycles. The third-order valence-electron chi connectivity index (χ3n) is 5.72. The summed E-state index contributed by atoms with van der Waals surface area (Å²) in [6, 6.07) is 18.3. The molecule has 2 amide bonds. The van der Waals surface area contributed by atoms with Crippen molar-refractivity contribution < 1.29 is 18.3 Å². The molecular weight excluding hydrogens is 488 g/mol. The zero-order chi connectivity index (χ0) is 25.0. The van der Waals surface area contributed by atoms with Gasteiger partial charge in [-0.1, -0.05) is 23.7 Å². The number of carbonyl (C=O) groups excluding carboxylic acids is 1. The Bertz CT molecular complexity index is 1320. The number of aliphatic hydroxyl groups excluding tert-OH is 1. The molecule has 8 nitrogen and oxygen atoms in total. The van der Waals surface area contributed by atoms with E-state index in [-0.39, 0.29) is 15.9 Å². The van der Waals surface area contributed by atoms with E-state index >= 15 is 0 Å². The SMILES string of the molecule is N=C(c1cccc(NC(=O)Nc2ccc(S(=O)(=O)c3ccc(Cl)cc3)cc2)c1)N1CCC(O)CC1. The van der Waals surface area contributed by atoms with E-state index in [1.54, 1.807) is 24.3 Å². The summed E-state index contributed by atoms with van der Waals surface area (Å²) in [5.41, 5.74) is 1.60. The molecule has 0 saturated carbocycles. The van der Waals surface area contributed by atoms with Crippen LogP contribution in [0.5, 0.6) is 0 Å². The third kappa shape index (κ3) is 6.00. The molecule has 0 bridgehead atoms. The summed E-state index contributed by atoms with van der Waals surface area (Å²) in [7, 11) is -3.70. The lowest BCUT2D eigenvalue weighted by Gasteiger charge is -2.31. The van der Waals surface area contributed by atoms with E-state index in [1.807, 2.05) is 4.90 Å². The van der Waals surface area contributed by atoms with E-state index in [0.29, 0.717) is 53.7 Å². The molecule has 0 spiro atoms. The second-order valence-corrected chi connectivity index (χ2v) is 10.6. The minimum absolute atomic E-state index is 0.0993. The number of amides is 2. The number of nitrogens with one attached hydrogen (secondary N) is 3. The van der Waals surface area contributed by atoms with Gasteiger partial charge in [-0.15, -0.1) is 0 Å². The number of sulfone groups is 1. The Morgan fingerprint density at radius 3 is 2.11 bits per heavy atom. The predicted molar refractivity (Wildman–Crippen MR) is 136 cm³/mol. The summed E-state index contributed by atoms with van der Waals surface area (Å²) in [6.45, 7) is 1.23. The standard InChI is InChI=1S/C25H25ClN4O4S/c26-18-4-8-22(9-5-18)35(33,34)23-10-6-19(7-11-23)28-25(32)29-20-3-1-2-17(16-20)24(27)30-14-12-21(31)13-15-30/h1-11,16,21,27,31H,12-15H2,(H2,28,29,32). The monoisotopic (exact) mass is 512 g/mol. The van der Waals surface area contributed by atoms with Crippen molar-refractivity contribution in [2.45, 2.75) is 28.7 Å². The largest absolute Gasteiger partial charge is 0.393 e. The molecule has 3 aromatic carbocycles. The molecule has 10 heteroatoms. The van der Waals surface area contributed by atoms with Crippen molar-refractivity contribution >= 4 is 44.7 Å². The highest BCUT2D eigenvalue weighted by molar-refractivity contribution is 7.91. The highest BCUT2D eigenvalue weighted by Crippen LogP contribution is 2.24. The van der Waals surface area contributed by atoms with Crippen LogP contribution in [0.4, 0.5) is 16.2 Å². The van der Waals surface area contributed by atoms with Gasteiger partial charge >= 0.3 is 6.03 Å². The maximum atomic E-state index is 12.8. The van der Waals surface area contributed by atoms with Gasteiger partial charge in [0.2, 0.25) is 9.84 Å². The number of likely N-dealkylation sites (tertiary alicyclic amines) is 1. The summed E-state index contributed by atoms with van der Waals surface area (Å²) in [6.07, 6.45) is 0.938. The molecule has 0 atom stereocenters. The van der Waals surface area contributed by atoms with E-state index in [9.17, 15) is 18.3 Å². The van der Waals surface area contributed by atoms with Crippen molar-refractivity contribution in [2.75, 3.05) is 23.7 Å². The van der Waals surface area contributed by atoms with Crippen LogP contribution >= 0.6 is 11.6 Å². The second-order valence-electron chi connectivity index (χ2n) is 8.21. The number of nitrogens with zero attached hydrogens (tertiary/aromatic N) is 1. The first-order valence-electron chi connectivity index (χ1n) is 11.0. The van der Waals surface area contributed by atoms with Crippen LogP contribution in [0, 0.1) is 5.41 Å². The van der Waals surface area contributed by atoms with Gasteiger partial charge in [0.1, 0.15) is 5.84 Å². The Labute approximate surface area is 209 Å². The Hall–Kier alpha value is -3.40. The lowest BCUT2D eigenvalue weighted by atomic mass is 10.1. The fraction of sp³-hybridized carbons (Fsp3) is 0.200. The van der Waals surface area contributed by atoms with Gasteiger partial charge in [-0.05, 0) is 73.5 Å². The molecule has 35 heavy (non-hydrogen) atoms. The van der Waals surface area contributed by atoms with Crippen LogP contribution in [0.2, 0.25) is 5.02 Å². The predicted octanol–water partition coefficient (Wildman–Crippen LogP) is 4.60. The van der Waals surface area contributed by atoms with Crippen LogP contribution in [-0.4, -0.2) is 49.5 Å². The number of rotatable bonds is 5. The van der Waals surface area contributed by atoms with Gasteiger partial charge in [0.25, 0.3) is 0 Å². The average molecular weight is 513 g/mol. The molecule has 0 unspecified atom stereocenters. The van der Waals surface area contributed by atoms with Crippen LogP contribution < -0.4 is 10.6 Å². The number of aliphatic hydroxyl groups is 1. The van der Waals surface area contributed by atoms with Crippen molar-refractivity contribution in [1.29, 1.82) is 5.41 Å². The Kier molecular flexibility index (Phi) is 7.39. The zero-order valence-corrected chi connectivity index (χ0v) is 20.3. The molecule has 1 fully saturated rings. The van der Waals surface area contributed by atoms with Crippen LogP contribution in [0.1, 0.15) is 18.4 Å². The van der Waals surface area contributed by atoms with Gasteiger partial charge in [0.05, 0.1) is 15.9 Å². The van der Waals surface area contributed by atoms with Crippen molar-refractivity contribution in [1.82, 2.24) is 4.90 Å². The number of hydrogen-bond acceptors (Lipinski definition) is 5. The molecule has 182 valence electrons. The summed E-state index contributed by atoms with van der Waals surface area (Å²) in [4.78, 5) is 14.6. The number of urea groups is 1. The quantitative estimate of drug-likeness (QED) is 0.294. The van der Waals surface area contributed by atoms with Crippen molar-refractivity contribution in [3.63, 3.8) is 0 Å². The van der Waals surface area contributed by atoms with Crippen LogP contribution in [0.15, 0.2) is 82.6 Å². The lowest BCUT2D eigenvalue weighted by molar-refractivity contribution is 0.109. The molecule has 0 aromatic heterocycles. The topological polar surface area (TPSA) is 123 Å². The van der Waals surface area contributed by atoms with E-state index in [0.717, 1.165) is 0 Å². The van der Waals surface area contributed by atoms with E-state index < -0.39 is 15.9 Å². The van der Waals surface area contributed by atoms with Crippen LogP contribution in [0.25, 0.3) is 0 Å². The normalized spacial score (nSPS) is 14.4. The first-order chi connectivity index (χ1) is 16.7. The number of halogens is 1. The fourth-order valence-corrected chi connectivity index (χ4v) is 5.16. The molecule has 1 saturated heterocycles. The number of hydrogen-bond donors (Lipinski definition) is 4. The van der Waals surface area contributed by atoms with Crippen molar-refractivity contribution in [3.8, 4) is 0 Å². The minimum Gasteiger partial charge on any atom is -0.393 e. The van der Waals surface area contributed by atoms with E-state index in [1.165, 1.54) is 48.5 Å². The number of anilines is 2. The number of carbonyl (C=O) groups is 1. The van der Waals surface area contributed by atoms with Gasteiger partial charge in [0.15, 0.2) is 0 Å². The number of benzene rings is 3.